The molecule has 0 aliphatic rings. The number of rotatable bonds is 7. The monoisotopic (exact) mass is 336 g/mol. The summed E-state index contributed by atoms with van der Waals surface area (Å²) in [6.07, 6.45) is 0. The maximum Gasteiger partial charge on any atom is 0.300 e. The van der Waals surface area contributed by atoms with Gasteiger partial charge in [0.2, 0.25) is 5.95 Å². The van der Waals surface area contributed by atoms with E-state index >= 15 is 0 Å². The summed E-state index contributed by atoms with van der Waals surface area (Å²) in [5, 5.41) is 11.6. The fourth-order valence-electron chi connectivity index (χ4n) is 2.17. The predicted molar refractivity (Wildman–Crippen MR) is 93.2 cm³/mol. The van der Waals surface area contributed by atoms with Crippen LogP contribution in [0.15, 0.2) is 29.1 Å². The van der Waals surface area contributed by atoms with Gasteiger partial charge in [0.25, 0.3) is 5.56 Å². The molecule has 2 aromatic rings. The molecule has 0 atom stereocenters. The molecule has 1 heterocycles. The van der Waals surface area contributed by atoms with Gasteiger partial charge in [0.05, 0.1) is 0 Å². The van der Waals surface area contributed by atoms with Crippen LogP contribution < -0.4 is 16.7 Å². The number of hydrogen-bond acceptors (Lipinski definition) is 6. The Balaban J connectivity index is 2.14. The molecule has 1 aromatic heterocycles. The Bertz CT molecular complexity index is 696. The van der Waals surface area contributed by atoms with E-state index in [4.69, 9.17) is 17.4 Å². The standard InChI is InChI=1S/C15H21ClN6O/c1-3-21(4-2)10-9-18-15-20-19-13(14(23)22(15)17)11-5-7-12(16)8-6-11/h5-8H,3-4,9-10,17H2,1-2H3,(H,18,20). The Morgan fingerprint density at radius 1 is 1.22 bits per heavy atom. The first-order chi connectivity index (χ1) is 11.1. The number of hydrogen-bond donors (Lipinski definition) is 2. The Labute approximate surface area is 140 Å². The van der Waals surface area contributed by atoms with Crippen LogP contribution in [0, 0.1) is 0 Å². The van der Waals surface area contributed by atoms with Crippen LogP contribution in [0.25, 0.3) is 11.3 Å². The second-order valence-electron chi connectivity index (χ2n) is 5.01. The van der Waals surface area contributed by atoms with E-state index < -0.39 is 5.56 Å². The number of nitrogen functional groups attached to an aromatic ring is 1. The molecule has 1 aromatic carbocycles. The molecule has 0 aliphatic heterocycles. The molecule has 0 radical (unpaired) electrons. The quantitative estimate of drug-likeness (QED) is 0.743. The molecule has 23 heavy (non-hydrogen) atoms. The van der Waals surface area contributed by atoms with Crippen molar-refractivity contribution in [3.8, 4) is 11.3 Å². The maximum atomic E-state index is 12.3. The van der Waals surface area contributed by atoms with Crippen LogP contribution in [0.3, 0.4) is 0 Å². The third kappa shape index (κ3) is 4.20. The maximum absolute atomic E-state index is 12.3. The molecule has 0 fully saturated rings. The Morgan fingerprint density at radius 3 is 2.48 bits per heavy atom. The third-order valence-electron chi connectivity index (χ3n) is 3.62. The normalized spacial score (nSPS) is 11.0. The van der Waals surface area contributed by atoms with Crippen LogP contribution in [0.2, 0.25) is 5.02 Å². The Kier molecular flexibility index (Phi) is 5.95. The van der Waals surface area contributed by atoms with Crippen molar-refractivity contribution in [2.24, 2.45) is 0 Å². The number of benzene rings is 1. The van der Waals surface area contributed by atoms with E-state index in [1.54, 1.807) is 24.3 Å². The second-order valence-corrected chi connectivity index (χ2v) is 5.44. The first-order valence-corrected chi connectivity index (χ1v) is 7.91. The van der Waals surface area contributed by atoms with Crippen LogP contribution in [-0.2, 0) is 0 Å². The van der Waals surface area contributed by atoms with Gasteiger partial charge in [-0.05, 0) is 25.2 Å². The van der Waals surface area contributed by atoms with Crippen LogP contribution in [0.4, 0.5) is 5.95 Å². The number of halogens is 1. The van der Waals surface area contributed by atoms with E-state index in [0.29, 0.717) is 17.1 Å². The molecule has 0 amide bonds. The van der Waals surface area contributed by atoms with Crippen molar-refractivity contribution >= 4 is 17.5 Å². The van der Waals surface area contributed by atoms with Gasteiger partial charge in [-0.2, -0.15) is 4.68 Å². The summed E-state index contributed by atoms with van der Waals surface area (Å²) in [6.45, 7) is 7.60. The van der Waals surface area contributed by atoms with Gasteiger partial charge in [0, 0.05) is 23.7 Å². The largest absolute Gasteiger partial charge is 0.352 e. The van der Waals surface area contributed by atoms with Crippen molar-refractivity contribution in [3.63, 3.8) is 0 Å². The first kappa shape index (κ1) is 17.2. The lowest BCUT2D eigenvalue weighted by molar-refractivity contribution is 0.315. The molecule has 2 rings (SSSR count). The SMILES string of the molecule is CCN(CC)CCNc1nnc(-c2ccc(Cl)cc2)c(=O)n1N. The number of aromatic nitrogens is 3. The highest BCUT2D eigenvalue weighted by Crippen LogP contribution is 2.16. The summed E-state index contributed by atoms with van der Waals surface area (Å²) in [4.78, 5) is 14.6. The molecule has 0 bridgehead atoms. The topological polar surface area (TPSA) is 89.1 Å². The Hall–Kier alpha value is -2.12. The first-order valence-electron chi connectivity index (χ1n) is 7.53. The average molecular weight is 337 g/mol. The Morgan fingerprint density at radius 2 is 1.87 bits per heavy atom. The molecular weight excluding hydrogens is 316 g/mol. The smallest absolute Gasteiger partial charge is 0.300 e. The zero-order valence-corrected chi connectivity index (χ0v) is 14.0. The van der Waals surface area contributed by atoms with Gasteiger partial charge in [-0.3, -0.25) is 4.79 Å². The van der Waals surface area contributed by atoms with Crippen LogP contribution in [0.5, 0.6) is 0 Å². The summed E-state index contributed by atoms with van der Waals surface area (Å²) in [6, 6.07) is 6.80. The van der Waals surface area contributed by atoms with E-state index in [9.17, 15) is 4.79 Å². The van der Waals surface area contributed by atoms with Crippen molar-refractivity contribution in [3.05, 3.63) is 39.6 Å². The molecule has 124 valence electrons. The third-order valence-corrected chi connectivity index (χ3v) is 3.87. The lowest BCUT2D eigenvalue weighted by Gasteiger charge is -2.18. The summed E-state index contributed by atoms with van der Waals surface area (Å²) >= 11 is 5.84. The molecule has 7 nitrogen and oxygen atoms in total. The summed E-state index contributed by atoms with van der Waals surface area (Å²) in [5.74, 6) is 6.08. The van der Waals surface area contributed by atoms with Gasteiger partial charge in [-0.1, -0.05) is 37.6 Å². The highest BCUT2D eigenvalue weighted by molar-refractivity contribution is 6.30. The number of nitrogens with two attached hydrogens (primary N) is 1. The molecule has 0 saturated carbocycles. The highest BCUT2D eigenvalue weighted by Gasteiger charge is 2.12. The van der Waals surface area contributed by atoms with Crippen LogP contribution in [0.1, 0.15) is 13.8 Å². The molecular formula is C15H21ClN6O. The molecule has 8 heteroatoms. The molecule has 0 spiro atoms. The van der Waals surface area contributed by atoms with E-state index in [2.05, 4.69) is 34.3 Å². The number of anilines is 1. The molecule has 0 aliphatic carbocycles. The zero-order valence-electron chi connectivity index (χ0n) is 13.3. The average Bonchev–Trinajstić information content (AvgIpc) is 2.56. The van der Waals surface area contributed by atoms with Gasteiger partial charge in [0.15, 0.2) is 5.69 Å². The van der Waals surface area contributed by atoms with E-state index in [-0.39, 0.29) is 11.6 Å². The van der Waals surface area contributed by atoms with E-state index in [1.807, 2.05) is 0 Å². The summed E-state index contributed by atoms with van der Waals surface area (Å²) < 4.78 is 0.985. The minimum absolute atomic E-state index is 0.193. The highest BCUT2D eigenvalue weighted by atomic mass is 35.5. The predicted octanol–water partition coefficient (Wildman–Crippen LogP) is 1.43. The van der Waals surface area contributed by atoms with Crippen molar-refractivity contribution in [1.82, 2.24) is 19.8 Å². The van der Waals surface area contributed by atoms with Crippen molar-refractivity contribution in [2.45, 2.75) is 13.8 Å². The van der Waals surface area contributed by atoms with Crippen LogP contribution >= 0.6 is 11.6 Å². The number of likely N-dealkylation sites (N-methyl/N-ethyl adjacent to an activating group) is 1. The fourth-order valence-corrected chi connectivity index (χ4v) is 2.30. The molecule has 0 unspecified atom stereocenters. The second kappa shape index (κ2) is 7.94. The minimum Gasteiger partial charge on any atom is -0.352 e. The minimum atomic E-state index is -0.410. The van der Waals surface area contributed by atoms with E-state index in [0.717, 1.165) is 24.3 Å². The molecule has 3 N–H and O–H groups in total. The van der Waals surface area contributed by atoms with E-state index in [1.165, 1.54) is 0 Å². The van der Waals surface area contributed by atoms with Crippen molar-refractivity contribution in [2.75, 3.05) is 37.3 Å². The van der Waals surface area contributed by atoms with Crippen molar-refractivity contribution < 1.29 is 0 Å². The van der Waals surface area contributed by atoms with Gasteiger partial charge in [0.1, 0.15) is 0 Å². The zero-order chi connectivity index (χ0) is 16.8. The van der Waals surface area contributed by atoms with Gasteiger partial charge in [-0.15, -0.1) is 10.2 Å². The summed E-state index contributed by atoms with van der Waals surface area (Å²) in [5.41, 5.74) is 0.409. The summed E-state index contributed by atoms with van der Waals surface area (Å²) in [7, 11) is 0. The van der Waals surface area contributed by atoms with Gasteiger partial charge < -0.3 is 16.1 Å². The number of nitrogens with one attached hydrogen (secondary N) is 1. The lowest BCUT2D eigenvalue weighted by Crippen LogP contribution is -2.35. The fraction of sp³-hybridized carbons (Fsp3) is 0.400. The number of nitrogens with zero attached hydrogens (tertiary/aromatic N) is 4. The van der Waals surface area contributed by atoms with Crippen molar-refractivity contribution in [1.29, 1.82) is 0 Å². The lowest BCUT2D eigenvalue weighted by atomic mass is 10.2. The van der Waals surface area contributed by atoms with Gasteiger partial charge in [-0.25, -0.2) is 0 Å². The molecule has 0 saturated heterocycles. The van der Waals surface area contributed by atoms with Gasteiger partial charge >= 0.3 is 0 Å². The van der Waals surface area contributed by atoms with Crippen LogP contribution in [-0.4, -0.2) is 46.0 Å².